The smallest absolute Gasteiger partial charge is 0.263 e. The zero-order valence-electron chi connectivity index (χ0n) is 14.0. The lowest BCUT2D eigenvalue weighted by Gasteiger charge is -2.10. The number of para-hydroxylation sites is 1. The normalized spacial score (nSPS) is 11.1. The number of ether oxygens (including phenoxy) is 1. The van der Waals surface area contributed by atoms with Crippen molar-refractivity contribution < 1.29 is 4.74 Å². The Morgan fingerprint density at radius 2 is 2.00 bits per heavy atom. The van der Waals surface area contributed by atoms with Crippen LogP contribution < -0.4 is 10.3 Å². The molecule has 3 aromatic rings. The Labute approximate surface area is 149 Å². The van der Waals surface area contributed by atoms with Crippen LogP contribution in [0.4, 0.5) is 0 Å². The minimum atomic E-state index is 0.0656. The summed E-state index contributed by atoms with van der Waals surface area (Å²) in [5, 5.41) is 1.54. The summed E-state index contributed by atoms with van der Waals surface area (Å²) < 4.78 is 7.47. The van der Waals surface area contributed by atoms with E-state index in [4.69, 9.17) is 9.72 Å². The summed E-state index contributed by atoms with van der Waals surface area (Å²) in [6.45, 7) is 7.22. The topological polar surface area (TPSA) is 44.1 Å². The minimum absolute atomic E-state index is 0.0656. The van der Waals surface area contributed by atoms with Gasteiger partial charge in [-0.05, 0) is 38.5 Å². The molecule has 6 heteroatoms. The maximum absolute atomic E-state index is 12.8. The molecule has 4 nitrogen and oxygen atoms in total. The standard InChI is InChI=1S/C18H20N2O2S2/c1-4-20-17(21)15-12(2)13(3)24-16(15)19-18(20)23-11-10-22-14-8-6-5-7-9-14/h5-9H,4,10-11H2,1-3H3. The Bertz CT molecular complexity index is 901. The summed E-state index contributed by atoms with van der Waals surface area (Å²) in [6, 6.07) is 9.75. The van der Waals surface area contributed by atoms with Gasteiger partial charge in [0.25, 0.3) is 5.56 Å². The van der Waals surface area contributed by atoms with Gasteiger partial charge in [0.05, 0.1) is 12.0 Å². The van der Waals surface area contributed by atoms with Crippen molar-refractivity contribution in [1.29, 1.82) is 0 Å². The Kier molecular flexibility index (Phi) is 5.26. The fraction of sp³-hybridized carbons (Fsp3) is 0.333. The lowest BCUT2D eigenvalue weighted by Crippen LogP contribution is -2.22. The SMILES string of the molecule is CCn1c(SCCOc2ccccc2)nc2sc(C)c(C)c2c1=O. The molecular formula is C18H20N2O2S2. The van der Waals surface area contributed by atoms with Crippen LogP contribution in [0, 0.1) is 13.8 Å². The fourth-order valence-corrected chi connectivity index (χ4v) is 4.46. The highest BCUT2D eigenvalue weighted by Crippen LogP contribution is 2.28. The van der Waals surface area contributed by atoms with E-state index in [0.717, 1.165) is 37.3 Å². The number of hydrogen-bond acceptors (Lipinski definition) is 5. The fourth-order valence-electron chi connectivity index (χ4n) is 2.51. The van der Waals surface area contributed by atoms with Gasteiger partial charge < -0.3 is 4.74 Å². The van der Waals surface area contributed by atoms with Crippen molar-refractivity contribution in [2.24, 2.45) is 0 Å². The molecular weight excluding hydrogens is 340 g/mol. The van der Waals surface area contributed by atoms with E-state index in [-0.39, 0.29) is 5.56 Å². The zero-order chi connectivity index (χ0) is 17.1. The second-order valence-corrected chi connectivity index (χ2v) is 7.68. The van der Waals surface area contributed by atoms with Gasteiger partial charge in [-0.25, -0.2) is 4.98 Å². The van der Waals surface area contributed by atoms with Crippen molar-refractivity contribution in [3.05, 3.63) is 51.1 Å². The predicted octanol–water partition coefficient (Wildman–Crippen LogP) is 4.27. The predicted molar refractivity (Wildman–Crippen MR) is 102 cm³/mol. The van der Waals surface area contributed by atoms with Crippen LogP contribution in [0.2, 0.25) is 0 Å². The van der Waals surface area contributed by atoms with Crippen molar-refractivity contribution >= 4 is 33.3 Å². The Morgan fingerprint density at radius 3 is 2.71 bits per heavy atom. The lowest BCUT2D eigenvalue weighted by molar-refractivity contribution is 0.344. The molecule has 24 heavy (non-hydrogen) atoms. The minimum Gasteiger partial charge on any atom is -0.493 e. The number of thioether (sulfide) groups is 1. The van der Waals surface area contributed by atoms with Gasteiger partial charge in [-0.1, -0.05) is 30.0 Å². The van der Waals surface area contributed by atoms with E-state index in [1.165, 1.54) is 0 Å². The summed E-state index contributed by atoms with van der Waals surface area (Å²) >= 11 is 3.16. The lowest BCUT2D eigenvalue weighted by atomic mass is 10.2. The molecule has 126 valence electrons. The van der Waals surface area contributed by atoms with Crippen LogP contribution >= 0.6 is 23.1 Å². The van der Waals surface area contributed by atoms with Crippen molar-refractivity contribution in [3.63, 3.8) is 0 Å². The van der Waals surface area contributed by atoms with E-state index < -0.39 is 0 Å². The molecule has 0 bridgehead atoms. The molecule has 0 aliphatic carbocycles. The zero-order valence-corrected chi connectivity index (χ0v) is 15.7. The molecule has 0 spiro atoms. The first-order chi connectivity index (χ1) is 11.6. The van der Waals surface area contributed by atoms with Crippen LogP contribution in [0.1, 0.15) is 17.4 Å². The molecule has 0 aliphatic heterocycles. The molecule has 0 amide bonds. The van der Waals surface area contributed by atoms with E-state index >= 15 is 0 Å². The number of thiophene rings is 1. The van der Waals surface area contributed by atoms with Gasteiger partial charge in [-0.15, -0.1) is 11.3 Å². The molecule has 3 rings (SSSR count). The van der Waals surface area contributed by atoms with Crippen LogP contribution in [0.3, 0.4) is 0 Å². The van der Waals surface area contributed by atoms with E-state index in [1.54, 1.807) is 27.7 Å². The summed E-state index contributed by atoms with van der Waals surface area (Å²) in [5.41, 5.74) is 1.12. The van der Waals surface area contributed by atoms with Gasteiger partial charge in [0.2, 0.25) is 0 Å². The van der Waals surface area contributed by atoms with Crippen molar-refractivity contribution in [2.45, 2.75) is 32.5 Å². The number of rotatable bonds is 6. The van der Waals surface area contributed by atoms with Crippen LogP contribution in [-0.4, -0.2) is 21.9 Å². The molecule has 0 fully saturated rings. The van der Waals surface area contributed by atoms with E-state index in [9.17, 15) is 4.79 Å². The number of aromatic nitrogens is 2. The number of benzene rings is 1. The largest absolute Gasteiger partial charge is 0.493 e. The molecule has 0 saturated carbocycles. The molecule has 2 aromatic heterocycles. The van der Waals surface area contributed by atoms with Gasteiger partial charge in [0, 0.05) is 17.2 Å². The Morgan fingerprint density at radius 1 is 1.25 bits per heavy atom. The molecule has 2 heterocycles. The molecule has 0 saturated heterocycles. The molecule has 0 N–H and O–H groups in total. The first-order valence-corrected chi connectivity index (χ1v) is 9.73. The van der Waals surface area contributed by atoms with Gasteiger partial charge in [0.15, 0.2) is 5.16 Å². The highest BCUT2D eigenvalue weighted by molar-refractivity contribution is 7.99. The van der Waals surface area contributed by atoms with Gasteiger partial charge in [-0.3, -0.25) is 9.36 Å². The quantitative estimate of drug-likeness (QED) is 0.374. The van der Waals surface area contributed by atoms with Crippen LogP contribution in [0.25, 0.3) is 10.2 Å². The number of fused-ring (bicyclic) bond motifs is 1. The maximum atomic E-state index is 12.8. The van der Waals surface area contributed by atoms with E-state index in [0.29, 0.717) is 13.2 Å². The van der Waals surface area contributed by atoms with Crippen molar-refractivity contribution in [1.82, 2.24) is 9.55 Å². The highest BCUT2D eigenvalue weighted by Gasteiger charge is 2.15. The number of nitrogens with zero attached hydrogens (tertiary/aromatic N) is 2. The Hall–Kier alpha value is -1.79. The second-order valence-electron chi connectivity index (χ2n) is 5.42. The van der Waals surface area contributed by atoms with Crippen LogP contribution in [0.5, 0.6) is 5.75 Å². The maximum Gasteiger partial charge on any atom is 0.263 e. The molecule has 0 atom stereocenters. The van der Waals surface area contributed by atoms with Crippen LogP contribution in [-0.2, 0) is 6.54 Å². The number of aryl methyl sites for hydroxylation is 2. The molecule has 1 aromatic carbocycles. The van der Waals surface area contributed by atoms with E-state index in [2.05, 4.69) is 0 Å². The Balaban J connectivity index is 1.78. The van der Waals surface area contributed by atoms with Gasteiger partial charge in [0.1, 0.15) is 10.6 Å². The first-order valence-electron chi connectivity index (χ1n) is 7.93. The summed E-state index contributed by atoms with van der Waals surface area (Å²) in [4.78, 5) is 19.5. The van der Waals surface area contributed by atoms with Gasteiger partial charge in [-0.2, -0.15) is 0 Å². The third kappa shape index (κ3) is 3.35. The van der Waals surface area contributed by atoms with E-state index in [1.807, 2.05) is 51.1 Å². The first kappa shape index (κ1) is 17.0. The average Bonchev–Trinajstić information content (AvgIpc) is 2.87. The second kappa shape index (κ2) is 7.40. The summed E-state index contributed by atoms with van der Waals surface area (Å²) in [6.07, 6.45) is 0. The van der Waals surface area contributed by atoms with Gasteiger partial charge >= 0.3 is 0 Å². The number of hydrogen-bond donors (Lipinski definition) is 0. The van der Waals surface area contributed by atoms with Crippen molar-refractivity contribution in [3.8, 4) is 5.75 Å². The molecule has 0 radical (unpaired) electrons. The monoisotopic (exact) mass is 360 g/mol. The van der Waals surface area contributed by atoms with Crippen LogP contribution in [0.15, 0.2) is 40.3 Å². The molecule has 0 aliphatic rings. The third-order valence-electron chi connectivity index (χ3n) is 3.90. The third-order valence-corrected chi connectivity index (χ3v) is 5.94. The highest BCUT2D eigenvalue weighted by atomic mass is 32.2. The summed E-state index contributed by atoms with van der Waals surface area (Å²) in [5.74, 6) is 1.61. The van der Waals surface area contributed by atoms with Crippen molar-refractivity contribution in [2.75, 3.05) is 12.4 Å². The molecule has 0 unspecified atom stereocenters. The average molecular weight is 361 g/mol. The summed E-state index contributed by atoms with van der Waals surface area (Å²) in [7, 11) is 0.